The Balaban J connectivity index is 3.08. The van der Waals surface area contributed by atoms with Gasteiger partial charge in [-0.3, -0.25) is 9.59 Å². The maximum atomic E-state index is 15.3. The van der Waals surface area contributed by atoms with E-state index in [1.807, 2.05) is 0 Å². The Morgan fingerprint density at radius 1 is 1.12 bits per heavy atom. The van der Waals surface area contributed by atoms with Crippen molar-refractivity contribution in [2.75, 3.05) is 12.4 Å². The molecule has 1 rings (SSSR count). The Bertz CT molecular complexity index is 597. The third-order valence-corrected chi connectivity index (χ3v) is 3.81. The van der Waals surface area contributed by atoms with Crippen LogP contribution in [0.15, 0.2) is 30.3 Å². The average Bonchev–Trinajstić information content (AvgIpc) is 2.51. The summed E-state index contributed by atoms with van der Waals surface area (Å²) >= 11 is 0.258. The van der Waals surface area contributed by atoms with Gasteiger partial charge in [-0.25, -0.2) is 9.18 Å². The Morgan fingerprint density at radius 3 is 2.21 bits per heavy atom. The summed E-state index contributed by atoms with van der Waals surface area (Å²) in [5.74, 6) is -3.60. The fraction of sp³-hybridized carbons (Fsp3) is 0.471. The molecule has 5 nitrogen and oxygen atoms in total. The summed E-state index contributed by atoms with van der Waals surface area (Å²) in [6.45, 7) is 6.42. The van der Waals surface area contributed by atoms with Crippen molar-refractivity contribution >= 4 is 29.5 Å². The number of Topliss-reactive ketones (excluding diaryl/α,β-unsaturated/α-hetero) is 1. The Morgan fingerprint density at radius 2 is 1.71 bits per heavy atom. The number of hydrogen-bond acceptors (Lipinski definition) is 6. The molecule has 132 valence electrons. The minimum atomic E-state index is -3.03. The van der Waals surface area contributed by atoms with Gasteiger partial charge in [-0.1, -0.05) is 42.1 Å². The van der Waals surface area contributed by atoms with E-state index in [4.69, 9.17) is 9.47 Å². The van der Waals surface area contributed by atoms with Crippen LogP contribution in [-0.2, 0) is 19.1 Å². The maximum absolute atomic E-state index is 15.3. The third kappa shape index (κ3) is 5.63. The second kappa shape index (κ2) is 8.28. The number of benzene rings is 1. The van der Waals surface area contributed by atoms with Crippen molar-refractivity contribution in [1.29, 1.82) is 0 Å². The van der Waals surface area contributed by atoms with Crippen LogP contribution in [0.5, 0.6) is 0 Å². The van der Waals surface area contributed by atoms with Gasteiger partial charge in [-0.15, -0.1) is 0 Å². The normalized spacial score (nSPS) is 13.7. The molecule has 0 bridgehead atoms. The molecule has 0 aliphatic rings. The largest absolute Gasteiger partial charge is 0.465 e. The SMILES string of the molecule is CCOC(=O)CS[C@](F)(C(=O)OC(C)(C)C)C(=O)c1ccccc1. The number of carbonyl (C=O) groups is 3. The van der Waals surface area contributed by atoms with Crippen molar-refractivity contribution in [2.45, 2.75) is 38.3 Å². The van der Waals surface area contributed by atoms with E-state index in [2.05, 4.69) is 0 Å². The Labute approximate surface area is 144 Å². The van der Waals surface area contributed by atoms with Gasteiger partial charge in [0, 0.05) is 5.56 Å². The summed E-state index contributed by atoms with van der Waals surface area (Å²) in [5, 5.41) is -3.03. The molecule has 0 saturated carbocycles. The van der Waals surface area contributed by atoms with E-state index in [0.29, 0.717) is 0 Å². The molecule has 0 aliphatic heterocycles. The summed E-state index contributed by atoms with van der Waals surface area (Å²) in [7, 11) is 0. The number of rotatable bonds is 7. The van der Waals surface area contributed by atoms with Gasteiger partial charge in [-0.2, -0.15) is 0 Å². The standard InChI is InChI=1S/C17H21FO5S/c1-5-22-13(19)11-24-17(18,15(21)23-16(2,3)4)14(20)12-9-7-6-8-10-12/h6-10H,5,11H2,1-4H3/t17-/m0/s1. The number of alkyl halides is 1. The highest BCUT2D eigenvalue weighted by molar-refractivity contribution is 8.02. The van der Waals surface area contributed by atoms with Gasteiger partial charge in [-0.05, 0) is 27.7 Å². The summed E-state index contributed by atoms with van der Waals surface area (Å²) in [6.07, 6.45) is 0. The Hall–Kier alpha value is -1.89. The van der Waals surface area contributed by atoms with E-state index in [-0.39, 0.29) is 23.9 Å². The number of halogens is 1. The lowest BCUT2D eigenvalue weighted by Crippen LogP contribution is -2.44. The zero-order valence-corrected chi connectivity index (χ0v) is 14.9. The molecule has 0 aliphatic carbocycles. The van der Waals surface area contributed by atoms with Crippen LogP contribution >= 0.6 is 11.8 Å². The molecule has 0 heterocycles. The molecule has 24 heavy (non-hydrogen) atoms. The van der Waals surface area contributed by atoms with Crippen molar-refractivity contribution in [3.8, 4) is 0 Å². The van der Waals surface area contributed by atoms with Crippen LogP contribution in [-0.4, -0.2) is 40.7 Å². The molecule has 1 aromatic carbocycles. The topological polar surface area (TPSA) is 69.7 Å². The minimum Gasteiger partial charge on any atom is -0.465 e. The Kier molecular flexibility index (Phi) is 6.95. The first-order chi connectivity index (χ1) is 11.1. The number of hydrogen-bond donors (Lipinski definition) is 0. The second-order valence-corrected chi connectivity index (χ2v) is 7.03. The van der Waals surface area contributed by atoms with E-state index < -0.39 is 34.1 Å². The molecule has 0 spiro atoms. The fourth-order valence-corrected chi connectivity index (χ4v) is 2.51. The van der Waals surface area contributed by atoms with E-state index in [9.17, 15) is 14.4 Å². The van der Waals surface area contributed by atoms with Crippen molar-refractivity contribution in [3.63, 3.8) is 0 Å². The second-order valence-electron chi connectivity index (χ2n) is 5.89. The van der Waals surface area contributed by atoms with Gasteiger partial charge < -0.3 is 9.47 Å². The van der Waals surface area contributed by atoms with Gasteiger partial charge in [0.05, 0.1) is 12.4 Å². The molecule has 0 aromatic heterocycles. The number of ketones is 1. The summed E-state index contributed by atoms with van der Waals surface area (Å²) < 4.78 is 25.1. The van der Waals surface area contributed by atoms with Crippen LogP contribution in [0.4, 0.5) is 4.39 Å². The zero-order chi connectivity index (χ0) is 18.4. The molecule has 0 radical (unpaired) electrons. The van der Waals surface area contributed by atoms with Crippen LogP contribution in [0.25, 0.3) is 0 Å². The predicted molar refractivity (Wildman–Crippen MR) is 89.5 cm³/mol. The molecular weight excluding hydrogens is 335 g/mol. The van der Waals surface area contributed by atoms with Gasteiger partial charge in [0.25, 0.3) is 0 Å². The highest BCUT2D eigenvalue weighted by Crippen LogP contribution is 2.34. The molecule has 0 fully saturated rings. The monoisotopic (exact) mass is 356 g/mol. The predicted octanol–water partition coefficient (Wildman–Crippen LogP) is 3.17. The lowest BCUT2D eigenvalue weighted by atomic mass is 10.1. The van der Waals surface area contributed by atoms with Crippen LogP contribution < -0.4 is 0 Å². The molecule has 1 aromatic rings. The van der Waals surface area contributed by atoms with Crippen LogP contribution in [0.2, 0.25) is 0 Å². The summed E-state index contributed by atoms with van der Waals surface area (Å²) in [5.41, 5.74) is -0.960. The van der Waals surface area contributed by atoms with E-state index in [0.717, 1.165) is 0 Å². The average molecular weight is 356 g/mol. The van der Waals surface area contributed by atoms with Crippen molar-refractivity contribution in [2.24, 2.45) is 0 Å². The van der Waals surface area contributed by atoms with Crippen LogP contribution in [0, 0.1) is 0 Å². The first-order valence-corrected chi connectivity index (χ1v) is 8.40. The lowest BCUT2D eigenvalue weighted by molar-refractivity contribution is -0.160. The molecule has 0 N–H and O–H groups in total. The number of ether oxygens (including phenoxy) is 2. The highest BCUT2D eigenvalue weighted by atomic mass is 32.2. The molecule has 7 heteroatoms. The van der Waals surface area contributed by atoms with Gasteiger partial charge in [0.1, 0.15) is 5.60 Å². The van der Waals surface area contributed by atoms with Gasteiger partial charge in [0.2, 0.25) is 5.78 Å². The highest BCUT2D eigenvalue weighted by Gasteiger charge is 2.50. The first kappa shape index (κ1) is 20.2. The van der Waals surface area contributed by atoms with Crippen LogP contribution in [0.3, 0.4) is 0 Å². The summed E-state index contributed by atoms with van der Waals surface area (Å²) in [6, 6.07) is 7.56. The van der Waals surface area contributed by atoms with Crippen molar-refractivity contribution < 1.29 is 28.2 Å². The minimum absolute atomic E-state index is 0.0159. The van der Waals surface area contributed by atoms with Gasteiger partial charge in [0.15, 0.2) is 0 Å². The van der Waals surface area contributed by atoms with Crippen molar-refractivity contribution in [1.82, 2.24) is 0 Å². The molecular formula is C17H21FO5S. The molecule has 0 amide bonds. The quantitative estimate of drug-likeness (QED) is 0.425. The van der Waals surface area contributed by atoms with E-state index in [1.165, 1.54) is 12.1 Å². The fourth-order valence-electron chi connectivity index (χ4n) is 1.70. The van der Waals surface area contributed by atoms with E-state index in [1.54, 1.807) is 45.9 Å². The number of carbonyl (C=O) groups excluding carboxylic acids is 3. The summed E-state index contributed by atoms with van der Waals surface area (Å²) in [4.78, 5) is 36.3. The smallest absolute Gasteiger partial charge is 0.363 e. The van der Waals surface area contributed by atoms with Gasteiger partial charge >= 0.3 is 16.9 Å². The third-order valence-electron chi connectivity index (χ3n) is 2.68. The van der Waals surface area contributed by atoms with E-state index >= 15 is 4.39 Å². The maximum Gasteiger partial charge on any atom is 0.363 e. The number of thioether (sulfide) groups is 1. The molecule has 0 saturated heterocycles. The number of esters is 2. The molecule has 0 unspecified atom stereocenters. The zero-order valence-electron chi connectivity index (χ0n) is 14.1. The van der Waals surface area contributed by atoms with Crippen molar-refractivity contribution in [3.05, 3.63) is 35.9 Å². The van der Waals surface area contributed by atoms with Crippen LogP contribution in [0.1, 0.15) is 38.1 Å². The lowest BCUT2D eigenvalue weighted by Gasteiger charge is -2.27. The first-order valence-electron chi connectivity index (χ1n) is 7.42. The molecule has 1 atom stereocenters.